The smallest absolute Gasteiger partial charge is 0.260 e. The first kappa shape index (κ1) is 17.8. The molecule has 136 valence electrons. The number of ether oxygens (including phenoxy) is 2. The van der Waals surface area contributed by atoms with E-state index in [1.807, 2.05) is 30.3 Å². The van der Waals surface area contributed by atoms with Gasteiger partial charge in [0.25, 0.3) is 11.8 Å². The molecule has 0 aromatic heterocycles. The highest BCUT2D eigenvalue weighted by Crippen LogP contribution is 2.25. The molecule has 1 saturated heterocycles. The predicted octanol–water partition coefficient (Wildman–Crippen LogP) is 2.06. The van der Waals surface area contributed by atoms with E-state index in [0.29, 0.717) is 43.2 Å². The van der Waals surface area contributed by atoms with Crippen molar-refractivity contribution in [3.63, 3.8) is 0 Å². The molecule has 0 N–H and O–H groups in total. The lowest BCUT2D eigenvalue weighted by atomic mass is 10.2. The fourth-order valence-electron chi connectivity index (χ4n) is 2.89. The highest BCUT2D eigenvalue weighted by atomic mass is 16.5. The third-order valence-electron chi connectivity index (χ3n) is 4.36. The number of carbonyl (C=O) groups is 2. The third-order valence-corrected chi connectivity index (χ3v) is 4.36. The second kappa shape index (κ2) is 8.38. The predicted molar refractivity (Wildman–Crippen MR) is 97.4 cm³/mol. The summed E-state index contributed by atoms with van der Waals surface area (Å²) in [5.74, 6) is 1.05. The van der Waals surface area contributed by atoms with Gasteiger partial charge in [0.15, 0.2) is 18.1 Å². The van der Waals surface area contributed by atoms with Crippen LogP contribution in [0.3, 0.4) is 0 Å². The number of rotatable bonds is 5. The number of para-hydroxylation sites is 2. The average Bonchev–Trinajstić information content (AvgIpc) is 2.72. The number of piperazine rings is 1. The van der Waals surface area contributed by atoms with Crippen LogP contribution in [0.1, 0.15) is 10.4 Å². The Kier molecular flexibility index (Phi) is 5.73. The fourth-order valence-corrected chi connectivity index (χ4v) is 2.89. The Morgan fingerprint density at radius 3 is 2.08 bits per heavy atom. The summed E-state index contributed by atoms with van der Waals surface area (Å²) in [5, 5.41) is 0. The number of nitrogens with zero attached hydrogens (tertiary/aromatic N) is 2. The van der Waals surface area contributed by atoms with Crippen molar-refractivity contribution in [2.75, 3.05) is 39.9 Å². The molecular weight excluding hydrogens is 332 g/mol. The highest BCUT2D eigenvalue weighted by Gasteiger charge is 2.25. The molecule has 0 saturated carbocycles. The molecule has 1 fully saturated rings. The van der Waals surface area contributed by atoms with E-state index < -0.39 is 0 Å². The standard InChI is InChI=1S/C20H22N2O4/c1-25-17-9-5-6-10-18(17)26-15-19(23)21-11-13-22(14-12-21)20(24)16-7-3-2-4-8-16/h2-10H,11-15H2,1H3. The Balaban J connectivity index is 1.50. The summed E-state index contributed by atoms with van der Waals surface area (Å²) in [4.78, 5) is 28.3. The molecule has 2 amide bonds. The van der Waals surface area contributed by atoms with Gasteiger partial charge in [-0.05, 0) is 24.3 Å². The van der Waals surface area contributed by atoms with E-state index in [1.54, 1.807) is 41.2 Å². The van der Waals surface area contributed by atoms with Crippen molar-refractivity contribution in [2.24, 2.45) is 0 Å². The van der Waals surface area contributed by atoms with Crippen LogP contribution in [0.5, 0.6) is 11.5 Å². The Morgan fingerprint density at radius 2 is 1.42 bits per heavy atom. The van der Waals surface area contributed by atoms with Crippen LogP contribution in [-0.2, 0) is 4.79 Å². The summed E-state index contributed by atoms with van der Waals surface area (Å²) in [6, 6.07) is 16.4. The van der Waals surface area contributed by atoms with Gasteiger partial charge in [-0.15, -0.1) is 0 Å². The van der Waals surface area contributed by atoms with Gasteiger partial charge in [0.05, 0.1) is 7.11 Å². The van der Waals surface area contributed by atoms with E-state index in [4.69, 9.17) is 9.47 Å². The summed E-state index contributed by atoms with van der Waals surface area (Å²) in [6.07, 6.45) is 0. The van der Waals surface area contributed by atoms with Crippen molar-refractivity contribution < 1.29 is 19.1 Å². The summed E-state index contributed by atoms with van der Waals surface area (Å²) in [6.45, 7) is 2.01. The Bertz CT molecular complexity index is 755. The molecule has 6 nitrogen and oxygen atoms in total. The Hall–Kier alpha value is -3.02. The summed E-state index contributed by atoms with van der Waals surface area (Å²) in [5.41, 5.74) is 0.673. The lowest BCUT2D eigenvalue weighted by molar-refractivity contribution is -0.134. The maximum atomic E-state index is 12.4. The van der Waals surface area contributed by atoms with Gasteiger partial charge in [0, 0.05) is 31.7 Å². The topological polar surface area (TPSA) is 59.1 Å². The molecule has 2 aromatic carbocycles. The molecule has 1 aliphatic heterocycles. The second-order valence-corrected chi connectivity index (χ2v) is 5.98. The number of carbonyl (C=O) groups excluding carboxylic acids is 2. The van der Waals surface area contributed by atoms with E-state index in [1.165, 1.54) is 0 Å². The molecular formula is C20H22N2O4. The van der Waals surface area contributed by atoms with Crippen molar-refractivity contribution in [3.05, 3.63) is 60.2 Å². The first-order valence-electron chi connectivity index (χ1n) is 8.57. The van der Waals surface area contributed by atoms with Crippen LogP contribution in [0.2, 0.25) is 0 Å². The molecule has 0 spiro atoms. The van der Waals surface area contributed by atoms with Gasteiger partial charge in [-0.25, -0.2) is 0 Å². The van der Waals surface area contributed by atoms with Crippen LogP contribution in [-0.4, -0.2) is 61.5 Å². The van der Waals surface area contributed by atoms with E-state index in [9.17, 15) is 9.59 Å². The van der Waals surface area contributed by atoms with Crippen LogP contribution in [0.25, 0.3) is 0 Å². The van der Waals surface area contributed by atoms with E-state index in [-0.39, 0.29) is 18.4 Å². The van der Waals surface area contributed by atoms with Crippen molar-refractivity contribution in [2.45, 2.75) is 0 Å². The molecule has 0 unspecified atom stereocenters. The summed E-state index contributed by atoms with van der Waals surface area (Å²) in [7, 11) is 1.56. The molecule has 0 bridgehead atoms. The minimum Gasteiger partial charge on any atom is -0.493 e. The lowest BCUT2D eigenvalue weighted by Crippen LogP contribution is -2.51. The normalized spacial score (nSPS) is 14.0. The van der Waals surface area contributed by atoms with E-state index in [2.05, 4.69) is 0 Å². The van der Waals surface area contributed by atoms with E-state index in [0.717, 1.165) is 0 Å². The van der Waals surface area contributed by atoms with Crippen LogP contribution in [0.4, 0.5) is 0 Å². The molecule has 6 heteroatoms. The van der Waals surface area contributed by atoms with Crippen molar-refractivity contribution in [3.8, 4) is 11.5 Å². The Labute approximate surface area is 152 Å². The van der Waals surface area contributed by atoms with E-state index >= 15 is 0 Å². The lowest BCUT2D eigenvalue weighted by Gasteiger charge is -2.34. The number of amides is 2. The maximum Gasteiger partial charge on any atom is 0.260 e. The number of benzene rings is 2. The number of methoxy groups -OCH3 is 1. The van der Waals surface area contributed by atoms with Crippen molar-refractivity contribution in [1.29, 1.82) is 0 Å². The minimum atomic E-state index is -0.0947. The fraction of sp³-hybridized carbons (Fsp3) is 0.300. The van der Waals surface area contributed by atoms with Crippen LogP contribution >= 0.6 is 0 Å². The highest BCUT2D eigenvalue weighted by molar-refractivity contribution is 5.94. The summed E-state index contributed by atoms with van der Waals surface area (Å²) < 4.78 is 10.8. The molecule has 0 radical (unpaired) electrons. The van der Waals surface area contributed by atoms with Gasteiger partial charge >= 0.3 is 0 Å². The molecule has 26 heavy (non-hydrogen) atoms. The van der Waals surface area contributed by atoms with Crippen molar-refractivity contribution in [1.82, 2.24) is 9.80 Å². The van der Waals surface area contributed by atoms with Crippen LogP contribution in [0.15, 0.2) is 54.6 Å². The quantitative estimate of drug-likeness (QED) is 0.825. The zero-order chi connectivity index (χ0) is 18.4. The first-order valence-corrected chi connectivity index (χ1v) is 8.57. The molecule has 2 aromatic rings. The van der Waals surface area contributed by atoms with Gasteiger partial charge in [0.2, 0.25) is 0 Å². The zero-order valence-electron chi connectivity index (χ0n) is 14.8. The number of hydrogen-bond acceptors (Lipinski definition) is 4. The van der Waals surface area contributed by atoms with Gasteiger partial charge in [0.1, 0.15) is 0 Å². The molecule has 1 heterocycles. The molecule has 0 aliphatic carbocycles. The van der Waals surface area contributed by atoms with Crippen LogP contribution in [0, 0.1) is 0 Å². The molecule has 3 rings (SSSR count). The van der Waals surface area contributed by atoms with Gasteiger partial charge in [-0.3, -0.25) is 9.59 Å². The molecule has 0 atom stereocenters. The minimum absolute atomic E-state index is 0.00275. The number of hydrogen-bond donors (Lipinski definition) is 0. The van der Waals surface area contributed by atoms with Crippen LogP contribution < -0.4 is 9.47 Å². The Morgan fingerprint density at radius 1 is 0.846 bits per heavy atom. The van der Waals surface area contributed by atoms with Gasteiger partial charge in [-0.1, -0.05) is 30.3 Å². The maximum absolute atomic E-state index is 12.4. The first-order chi connectivity index (χ1) is 12.7. The van der Waals surface area contributed by atoms with Crippen molar-refractivity contribution >= 4 is 11.8 Å². The monoisotopic (exact) mass is 354 g/mol. The SMILES string of the molecule is COc1ccccc1OCC(=O)N1CCN(C(=O)c2ccccc2)CC1. The summed E-state index contributed by atoms with van der Waals surface area (Å²) >= 11 is 0. The molecule has 1 aliphatic rings. The average molecular weight is 354 g/mol. The second-order valence-electron chi connectivity index (χ2n) is 5.98. The third kappa shape index (κ3) is 4.14. The van der Waals surface area contributed by atoms with Gasteiger partial charge in [-0.2, -0.15) is 0 Å². The zero-order valence-corrected chi connectivity index (χ0v) is 14.8. The largest absolute Gasteiger partial charge is 0.493 e. The van der Waals surface area contributed by atoms with Gasteiger partial charge < -0.3 is 19.3 Å².